The molecule has 0 aliphatic carbocycles. The maximum absolute atomic E-state index is 12.9. The Morgan fingerprint density at radius 3 is 2.32 bits per heavy atom. The average Bonchev–Trinajstić information content (AvgIpc) is 2.87. The topological polar surface area (TPSA) is 125 Å². The molecule has 1 atom stereocenters. The minimum atomic E-state index is -3.89. The highest BCUT2D eigenvalue weighted by Gasteiger charge is 2.51. The zero-order valence-corrected chi connectivity index (χ0v) is 19.3. The van der Waals surface area contributed by atoms with Crippen LogP contribution in [0.5, 0.6) is 0 Å². The van der Waals surface area contributed by atoms with Gasteiger partial charge in [-0.05, 0) is 58.6 Å². The third kappa shape index (κ3) is 4.01. The molecule has 11 heteroatoms. The van der Waals surface area contributed by atoms with E-state index in [0.717, 1.165) is 18.6 Å². The van der Waals surface area contributed by atoms with Crippen LogP contribution in [-0.2, 0) is 30.5 Å². The van der Waals surface area contributed by atoms with Gasteiger partial charge in [-0.1, -0.05) is 6.07 Å². The van der Waals surface area contributed by atoms with Gasteiger partial charge in [0.25, 0.3) is 5.56 Å². The number of carbonyl (C=O) groups is 1. The summed E-state index contributed by atoms with van der Waals surface area (Å²) >= 11 is 0. The van der Waals surface area contributed by atoms with Crippen LogP contribution in [0.1, 0.15) is 41.0 Å². The quantitative estimate of drug-likeness (QED) is 0.646. The number of aryl methyl sites for hydroxylation is 1. The molecule has 1 aliphatic rings. The molecule has 0 saturated carbocycles. The standard InChI is InChI=1S/C20H27BN2O7S/c1-18(2)19(3,4)30-21(29-18)13-7-8-14-15(11-13)22-12-23(16(14)24)10-9-20(5,17(25)26)31(6,27)28/h7-8,11-12H,9-10H2,1-6H3,(H,25,26). The van der Waals surface area contributed by atoms with E-state index in [1.54, 1.807) is 18.2 Å². The van der Waals surface area contributed by atoms with Gasteiger partial charge in [0.05, 0.1) is 28.4 Å². The summed E-state index contributed by atoms with van der Waals surface area (Å²) in [4.78, 5) is 28.7. The number of nitrogens with zero attached hydrogens (tertiary/aromatic N) is 2. The van der Waals surface area contributed by atoms with Crippen molar-refractivity contribution < 1.29 is 27.6 Å². The van der Waals surface area contributed by atoms with E-state index >= 15 is 0 Å². The third-order valence-electron chi connectivity index (χ3n) is 6.48. The normalized spacial score (nSPS) is 20.0. The summed E-state index contributed by atoms with van der Waals surface area (Å²) in [5.74, 6) is -1.45. The fraction of sp³-hybridized carbons (Fsp3) is 0.550. The minimum absolute atomic E-state index is 0.101. The molecular formula is C20H27BN2O7S. The summed E-state index contributed by atoms with van der Waals surface area (Å²) in [6, 6.07) is 5.07. The highest BCUT2D eigenvalue weighted by atomic mass is 32.2. The van der Waals surface area contributed by atoms with Crippen LogP contribution in [0.2, 0.25) is 0 Å². The second-order valence-electron chi connectivity index (χ2n) is 9.17. The Labute approximate surface area is 181 Å². The number of rotatable bonds is 6. The van der Waals surface area contributed by atoms with E-state index in [-0.39, 0.29) is 18.5 Å². The van der Waals surface area contributed by atoms with Gasteiger partial charge >= 0.3 is 13.1 Å². The molecule has 1 aromatic carbocycles. The smallest absolute Gasteiger partial charge is 0.480 e. The van der Waals surface area contributed by atoms with E-state index in [1.165, 1.54) is 10.9 Å². The van der Waals surface area contributed by atoms with Crippen LogP contribution in [0.3, 0.4) is 0 Å². The minimum Gasteiger partial charge on any atom is -0.480 e. The first-order valence-corrected chi connectivity index (χ1v) is 11.8. The van der Waals surface area contributed by atoms with Crippen molar-refractivity contribution in [2.24, 2.45) is 0 Å². The largest absolute Gasteiger partial charge is 0.494 e. The highest BCUT2D eigenvalue weighted by molar-refractivity contribution is 7.92. The Balaban J connectivity index is 1.90. The zero-order valence-electron chi connectivity index (χ0n) is 18.5. The molecule has 1 unspecified atom stereocenters. The lowest BCUT2D eigenvalue weighted by atomic mass is 9.79. The Morgan fingerprint density at radius 2 is 1.81 bits per heavy atom. The molecule has 168 valence electrons. The van der Waals surface area contributed by atoms with Gasteiger partial charge in [-0.3, -0.25) is 14.2 Å². The Bertz CT molecular complexity index is 1190. The lowest BCUT2D eigenvalue weighted by molar-refractivity contribution is -0.139. The fourth-order valence-electron chi connectivity index (χ4n) is 3.25. The molecule has 1 fully saturated rings. The molecule has 31 heavy (non-hydrogen) atoms. The van der Waals surface area contributed by atoms with E-state index in [2.05, 4.69) is 4.98 Å². The van der Waals surface area contributed by atoms with E-state index in [4.69, 9.17) is 9.31 Å². The van der Waals surface area contributed by atoms with Crippen molar-refractivity contribution in [3.63, 3.8) is 0 Å². The molecule has 1 aliphatic heterocycles. The number of fused-ring (bicyclic) bond motifs is 1. The van der Waals surface area contributed by atoms with Crippen LogP contribution >= 0.6 is 0 Å². The van der Waals surface area contributed by atoms with Gasteiger partial charge < -0.3 is 14.4 Å². The molecule has 9 nitrogen and oxygen atoms in total. The summed E-state index contributed by atoms with van der Waals surface area (Å²) < 4.78 is 35.2. The van der Waals surface area contributed by atoms with Gasteiger partial charge in [-0.2, -0.15) is 0 Å². The summed E-state index contributed by atoms with van der Waals surface area (Å²) in [5, 5.41) is 9.72. The third-order valence-corrected chi connectivity index (χ3v) is 8.49. The molecule has 1 N–H and O–H groups in total. The van der Waals surface area contributed by atoms with Crippen LogP contribution in [0.4, 0.5) is 0 Å². The molecule has 0 spiro atoms. The first kappa shape index (κ1) is 23.4. The van der Waals surface area contributed by atoms with E-state index in [1.807, 2.05) is 27.7 Å². The second kappa shape index (κ2) is 7.42. The van der Waals surface area contributed by atoms with Gasteiger partial charge in [0.15, 0.2) is 14.6 Å². The number of aliphatic carboxylic acids is 1. The second-order valence-corrected chi connectivity index (χ2v) is 11.6. The van der Waals surface area contributed by atoms with Gasteiger partial charge in [-0.15, -0.1) is 0 Å². The Morgan fingerprint density at radius 1 is 1.23 bits per heavy atom. The highest BCUT2D eigenvalue weighted by Crippen LogP contribution is 2.36. The summed E-state index contributed by atoms with van der Waals surface area (Å²) in [5.41, 5.74) is -0.213. The van der Waals surface area contributed by atoms with Crippen molar-refractivity contribution in [1.29, 1.82) is 0 Å². The number of hydrogen-bond donors (Lipinski definition) is 1. The van der Waals surface area contributed by atoms with Crippen LogP contribution in [-0.4, -0.2) is 58.4 Å². The molecule has 2 heterocycles. The molecular weight excluding hydrogens is 423 g/mol. The predicted molar refractivity (Wildman–Crippen MR) is 117 cm³/mol. The first-order chi connectivity index (χ1) is 14.1. The molecule has 0 radical (unpaired) electrons. The van der Waals surface area contributed by atoms with Crippen molar-refractivity contribution in [2.45, 2.75) is 63.5 Å². The van der Waals surface area contributed by atoms with E-state index < -0.39 is 38.9 Å². The molecule has 3 rings (SSSR count). The number of sulfone groups is 1. The first-order valence-electron chi connectivity index (χ1n) is 9.87. The van der Waals surface area contributed by atoms with Crippen molar-refractivity contribution in [3.05, 3.63) is 34.9 Å². The SMILES string of the molecule is CC1(C)OB(c2ccc3c(=O)n(CCC(C)(C(=O)O)S(C)(=O)=O)cnc3c2)OC1(C)C. The van der Waals surface area contributed by atoms with Crippen molar-refractivity contribution in [2.75, 3.05) is 6.26 Å². The molecule has 2 aromatic rings. The predicted octanol–water partition coefficient (Wildman–Crippen LogP) is 0.974. The van der Waals surface area contributed by atoms with Crippen molar-refractivity contribution in [3.8, 4) is 0 Å². The number of hydrogen-bond acceptors (Lipinski definition) is 7. The summed E-state index contributed by atoms with van der Waals surface area (Å²) in [7, 11) is -4.48. The summed E-state index contributed by atoms with van der Waals surface area (Å²) in [6.07, 6.45) is 1.91. The Hall–Kier alpha value is -2.24. The molecule has 1 aromatic heterocycles. The van der Waals surface area contributed by atoms with Crippen LogP contribution in [0.25, 0.3) is 10.9 Å². The monoisotopic (exact) mass is 450 g/mol. The number of carboxylic acid groups (broad SMARTS) is 1. The van der Waals surface area contributed by atoms with Crippen LogP contribution in [0.15, 0.2) is 29.3 Å². The van der Waals surface area contributed by atoms with E-state index in [0.29, 0.717) is 10.9 Å². The fourth-order valence-corrected chi connectivity index (χ4v) is 4.02. The zero-order chi connectivity index (χ0) is 23.4. The van der Waals surface area contributed by atoms with Crippen molar-refractivity contribution in [1.82, 2.24) is 9.55 Å². The number of carboxylic acids is 1. The lowest BCUT2D eigenvalue weighted by Crippen LogP contribution is -2.44. The number of aromatic nitrogens is 2. The van der Waals surface area contributed by atoms with Gasteiger partial charge in [0.1, 0.15) is 0 Å². The Kier molecular flexibility index (Phi) is 5.61. The van der Waals surface area contributed by atoms with Crippen molar-refractivity contribution >= 4 is 39.3 Å². The molecule has 0 amide bonds. The van der Waals surface area contributed by atoms with Gasteiger partial charge in [0, 0.05) is 12.8 Å². The average molecular weight is 450 g/mol. The maximum Gasteiger partial charge on any atom is 0.494 e. The van der Waals surface area contributed by atoms with Crippen LogP contribution < -0.4 is 11.0 Å². The molecule has 0 bridgehead atoms. The number of benzene rings is 1. The van der Waals surface area contributed by atoms with Gasteiger partial charge in [-0.25, -0.2) is 13.4 Å². The lowest BCUT2D eigenvalue weighted by Gasteiger charge is -2.32. The maximum atomic E-state index is 12.9. The molecule has 1 saturated heterocycles. The summed E-state index contributed by atoms with van der Waals surface area (Å²) in [6.45, 7) is 8.84. The van der Waals surface area contributed by atoms with Gasteiger partial charge in [0.2, 0.25) is 0 Å². The van der Waals surface area contributed by atoms with Crippen LogP contribution in [0, 0.1) is 0 Å². The van der Waals surface area contributed by atoms with E-state index in [9.17, 15) is 23.1 Å².